The summed E-state index contributed by atoms with van der Waals surface area (Å²) in [4.78, 5) is 4.06. The number of nitrogens with one attached hydrogen (secondary N) is 2. The number of nitrogens with zero attached hydrogens (tertiary/aromatic N) is 2. The SMILES string of the molecule is CCc1cc(CNC(=NC)NC2CCCC(C(F)(F)F)C2)on1. The maximum absolute atomic E-state index is 12.8. The molecule has 1 saturated carbocycles. The van der Waals surface area contributed by atoms with Crippen molar-refractivity contribution < 1.29 is 17.7 Å². The van der Waals surface area contributed by atoms with E-state index in [1.807, 2.05) is 13.0 Å². The highest BCUT2D eigenvalue weighted by Gasteiger charge is 2.42. The van der Waals surface area contributed by atoms with Crippen LogP contribution in [0.4, 0.5) is 13.2 Å². The van der Waals surface area contributed by atoms with Gasteiger partial charge in [0.25, 0.3) is 0 Å². The second kappa shape index (κ2) is 7.70. The smallest absolute Gasteiger partial charge is 0.359 e. The second-order valence-electron chi connectivity index (χ2n) is 5.81. The van der Waals surface area contributed by atoms with E-state index in [1.165, 1.54) is 0 Å². The molecule has 0 radical (unpaired) electrons. The number of hydrogen-bond acceptors (Lipinski definition) is 3. The summed E-state index contributed by atoms with van der Waals surface area (Å²) in [6.07, 6.45) is -1.74. The molecule has 2 N–H and O–H groups in total. The molecule has 0 aromatic carbocycles. The Hall–Kier alpha value is -1.73. The predicted molar refractivity (Wildman–Crippen MR) is 81.0 cm³/mol. The molecule has 1 aliphatic rings. The molecular formula is C15H23F3N4O. The normalized spacial score (nSPS) is 22.9. The molecule has 1 fully saturated rings. The number of halogens is 3. The number of hydrogen-bond donors (Lipinski definition) is 2. The number of aromatic nitrogens is 1. The minimum absolute atomic E-state index is 0.0898. The monoisotopic (exact) mass is 332 g/mol. The zero-order valence-electron chi connectivity index (χ0n) is 13.4. The summed E-state index contributed by atoms with van der Waals surface area (Å²) < 4.78 is 43.7. The molecule has 1 aromatic heterocycles. The van der Waals surface area contributed by atoms with Crippen molar-refractivity contribution in [2.45, 2.75) is 57.8 Å². The van der Waals surface area contributed by atoms with Crippen molar-refractivity contribution >= 4 is 5.96 Å². The lowest BCUT2D eigenvalue weighted by atomic mass is 9.85. The lowest BCUT2D eigenvalue weighted by Gasteiger charge is -2.31. The molecule has 2 unspecified atom stereocenters. The Kier molecular flexibility index (Phi) is 5.90. The van der Waals surface area contributed by atoms with Gasteiger partial charge in [-0.3, -0.25) is 4.99 Å². The van der Waals surface area contributed by atoms with Gasteiger partial charge in [0.1, 0.15) is 0 Å². The van der Waals surface area contributed by atoms with Crippen LogP contribution in [0.1, 0.15) is 44.1 Å². The summed E-state index contributed by atoms with van der Waals surface area (Å²) in [7, 11) is 1.59. The maximum Gasteiger partial charge on any atom is 0.391 e. The number of alkyl halides is 3. The van der Waals surface area contributed by atoms with Gasteiger partial charge in [0.15, 0.2) is 11.7 Å². The van der Waals surface area contributed by atoms with Gasteiger partial charge < -0.3 is 15.2 Å². The van der Waals surface area contributed by atoms with Crippen LogP contribution in [0.5, 0.6) is 0 Å². The Balaban J connectivity index is 1.84. The first-order valence-corrected chi connectivity index (χ1v) is 7.90. The van der Waals surface area contributed by atoms with Gasteiger partial charge in [-0.25, -0.2) is 0 Å². The molecule has 5 nitrogen and oxygen atoms in total. The van der Waals surface area contributed by atoms with Crippen molar-refractivity contribution in [1.29, 1.82) is 0 Å². The Bertz CT molecular complexity index is 527. The minimum atomic E-state index is -4.12. The zero-order chi connectivity index (χ0) is 16.9. The van der Waals surface area contributed by atoms with Crippen molar-refractivity contribution in [1.82, 2.24) is 15.8 Å². The van der Waals surface area contributed by atoms with Crippen LogP contribution in [-0.2, 0) is 13.0 Å². The van der Waals surface area contributed by atoms with E-state index in [4.69, 9.17) is 4.52 Å². The van der Waals surface area contributed by atoms with E-state index >= 15 is 0 Å². The summed E-state index contributed by atoms with van der Waals surface area (Å²) >= 11 is 0. The van der Waals surface area contributed by atoms with E-state index in [1.54, 1.807) is 7.05 Å². The Morgan fingerprint density at radius 1 is 1.43 bits per heavy atom. The van der Waals surface area contributed by atoms with Crippen LogP contribution in [0.25, 0.3) is 0 Å². The van der Waals surface area contributed by atoms with Crippen LogP contribution in [0.2, 0.25) is 0 Å². The standard InChI is InChI=1S/C15H23F3N4O/c1-3-11-8-13(23-22-11)9-20-14(19-2)21-12-6-4-5-10(7-12)15(16,17)18/h8,10,12H,3-7,9H2,1-2H3,(H2,19,20,21). The van der Waals surface area contributed by atoms with E-state index in [-0.39, 0.29) is 18.9 Å². The van der Waals surface area contributed by atoms with Gasteiger partial charge in [-0.15, -0.1) is 0 Å². The molecule has 0 saturated heterocycles. The molecule has 2 rings (SSSR count). The first-order valence-electron chi connectivity index (χ1n) is 7.90. The molecule has 0 bridgehead atoms. The van der Waals surface area contributed by atoms with Crippen molar-refractivity contribution in [3.05, 3.63) is 17.5 Å². The fraction of sp³-hybridized carbons (Fsp3) is 0.733. The molecule has 8 heteroatoms. The topological polar surface area (TPSA) is 62.5 Å². The van der Waals surface area contributed by atoms with Crippen LogP contribution < -0.4 is 10.6 Å². The number of guanidine groups is 1. The molecule has 1 aliphatic carbocycles. The zero-order valence-corrected chi connectivity index (χ0v) is 13.4. The largest absolute Gasteiger partial charge is 0.391 e. The van der Waals surface area contributed by atoms with Crippen LogP contribution in [0, 0.1) is 5.92 Å². The summed E-state index contributed by atoms with van der Waals surface area (Å²) in [5.41, 5.74) is 0.866. The maximum atomic E-state index is 12.8. The molecule has 23 heavy (non-hydrogen) atoms. The van der Waals surface area contributed by atoms with Gasteiger partial charge >= 0.3 is 6.18 Å². The van der Waals surface area contributed by atoms with Crippen LogP contribution in [0.15, 0.2) is 15.6 Å². The van der Waals surface area contributed by atoms with Crippen LogP contribution >= 0.6 is 0 Å². The van der Waals surface area contributed by atoms with Gasteiger partial charge in [-0.2, -0.15) is 13.2 Å². The average Bonchev–Trinajstić information content (AvgIpc) is 2.99. The highest BCUT2D eigenvalue weighted by atomic mass is 19.4. The molecule has 1 heterocycles. The van der Waals surface area contributed by atoms with Gasteiger partial charge in [0, 0.05) is 19.2 Å². The summed E-state index contributed by atoms with van der Waals surface area (Å²) in [5, 5.41) is 10.0. The highest BCUT2D eigenvalue weighted by molar-refractivity contribution is 5.79. The van der Waals surface area contributed by atoms with Crippen molar-refractivity contribution in [2.24, 2.45) is 10.9 Å². The van der Waals surface area contributed by atoms with E-state index in [2.05, 4.69) is 20.8 Å². The molecule has 130 valence electrons. The summed E-state index contributed by atoms with van der Waals surface area (Å²) in [6.45, 7) is 2.37. The molecule has 0 aliphatic heterocycles. The number of aryl methyl sites for hydroxylation is 1. The molecule has 0 spiro atoms. The highest BCUT2D eigenvalue weighted by Crippen LogP contribution is 2.37. The average molecular weight is 332 g/mol. The molecular weight excluding hydrogens is 309 g/mol. The Morgan fingerprint density at radius 2 is 2.22 bits per heavy atom. The third-order valence-electron chi connectivity index (χ3n) is 4.10. The van der Waals surface area contributed by atoms with Crippen molar-refractivity contribution in [3.63, 3.8) is 0 Å². The number of rotatable bonds is 4. The van der Waals surface area contributed by atoms with Gasteiger partial charge in [0.05, 0.1) is 18.2 Å². The fourth-order valence-electron chi connectivity index (χ4n) is 2.78. The third-order valence-corrected chi connectivity index (χ3v) is 4.10. The van der Waals surface area contributed by atoms with E-state index in [9.17, 15) is 13.2 Å². The van der Waals surface area contributed by atoms with Crippen LogP contribution in [-0.4, -0.2) is 30.4 Å². The Labute approximate surface area is 133 Å². The van der Waals surface area contributed by atoms with Gasteiger partial charge in [-0.05, 0) is 25.7 Å². The lowest BCUT2D eigenvalue weighted by Crippen LogP contribution is -2.46. The predicted octanol–water partition coefficient (Wildman–Crippen LogP) is 3.02. The first kappa shape index (κ1) is 17.6. The van der Waals surface area contributed by atoms with E-state index in [0.29, 0.717) is 24.7 Å². The van der Waals surface area contributed by atoms with Crippen molar-refractivity contribution in [2.75, 3.05) is 7.05 Å². The fourth-order valence-corrected chi connectivity index (χ4v) is 2.78. The quantitative estimate of drug-likeness (QED) is 0.657. The van der Waals surface area contributed by atoms with Gasteiger partial charge in [0.2, 0.25) is 0 Å². The first-order chi connectivity index (χ1) is 10.9. The lowest BCUT2D eigenvalue weighted by molar-refractivity contribution is -0.183. The number of aliphatic imine (C=N–C) groups is 1. The Morgan fingerprint density at radius 3 is 2.83 bits per heavy atom. The van der Waals surface area contributed by atoms with E-state index in [0.717, 1.165) is 18.5 Å². The van der Waals surface area contributed by atoms with Crippen molar-refractivity contribution in [3.8, 4) is 0 Å². The molecule has 1 aromatic rings. The second-order valence-corrected chi connectivity index (χ2v) is 5.81. The van der Waals surface area contributed by atoms with E-state index < -0.39 is 12.1 Å². The molecule has 2 atom stereocenters. The third kappa shape index (κ3) is 5.14. The summed E-state index contributed by atoms with van der Waals surface area (Å²) in [5.74, 6) is -0.0814. The molecule has 0 amide bonds. The van der Waals surface area contributed by atoms with Gasteiger partial charge in [-0.1, -0.05) is 18.5 Å². The summed E-state index contributed by atoms with van der Waals surface area (Å²) in [6, 6.07) is 1.63. The minimum Gasteiger partial charge on any atom is -0.359 e. The van der Waals surface area contributed by atoms with Crippen LogP contribution in [0.3, 0.4) is 0 Å².